The molecule has 1 aliphatic heterocycles. The van der Waals surface area contributed by atoms with E-state index < -0.39 is 0 Å². The predicted molar refractivity (Wildman–Crippen MR) is 45.3 cm³/mol. The smallest absolute Gasteiger partial charge is 0.0559 e. The third-order valence-corrected chi connectivity index (χ3v) is 2.06. The first-order valence-corrected chi connectivity index (χ1v) is 4.14. The summed E-state index contributed by atoms with van der Waals surface area (Å²) >= 11 is 0. The Morgan fingerprint density at radius 3 is 3.00 bits per heavy atom. The molecule has 2 atom stereocenters. The lowest BCUT2D eigenvalue weighted by atomic mass is 10.1. The van der Waals surface area contributed by atoms with Crippen LogP contribution in [0.25, 0.3) is 0 Å². The van der Waals surface area contributed by atoms with Gasteiger partial charge in [0.1, 0.15) is 0 Å². The Morgan fingerprint density at radius 2 is 2.45 bits per heavy atom. The second kappa shape index (κ2) is 4.04. The summed E-state index contributed by atoms with van der Waals surface area (Å²) < 4.78 is 0. The van der Waals surface area contributed by atoms with Crippen molar-refractivity contribution < 1.29 is 5.11 Å². The molecule has 1 saturated heterocycles. The maximum Gasteiger partial charge on any atom is 0.0559 e. The van der Waals surface area contributed by atoms with Crippen LogP contribution in [-0.4, -0.2) is 48.8 Å². The predicted octanol–water partition coefficient (Wildman–Crippen LogP) is -0.525. The number of likely N-dealkylation sites (N-methyl/N-ethyl adjacent to an activating group) is 1. The van der Waals surface area contributed by atoms with Gasteiger partial charge in [0.25, 0.3) is 0 Å². The molecule has 0 spiro atoms. The Hall–Kier alpha value is -0.120. The molecule has 0 amide bonds. The van der Waals surface area contributed by atoms with Gasteiger partial charge in [-0.25, -0.2) is 0 Å². The number of aliphatic hydroxyl groups excluding tert-OH is 1. The van der Waals surface area contributed by atoms with E-state index >= 15 is 0 Å². The highest BCUT2D eigenvalue weighted by Crippen LogP contribution is 2.05. The molecular formula is C8H17N2O. The minimum atomic E-state index is -0.303. The van der Waals surface area contributed by atoms with Crippen molar-refractivity contribution in [1.82, 2.24) is 10.2 Å². The van der Waals surface area contributed by atoms with Gasteiger partial charge in [0.15, 0.2) is 0 Å². The van der Waals surface area contributed by atoms with Crippen LogP contribution in [0.5, 0.6) is 0 Å². The molecule has 0 aromatic rings. The van der Waals surface area contributed by atoms with E-state index in [1.807, 2.05) is 6.42 Å². The van der Waals surface area contributed by atoms with Crippen molar-refractivity contribution in [3.63, 3.8) is 0 Å². The Balaban J connectivity index is 2.29. The van der Waals surface area contributed by atoms with Gasteiger partial charge < -0.3 is 15.3 Å². The Bertz CT molecular complexity index is 117. The molecule has 3 heteroatoms. The van der Waals surface area contributed by atoms with Crippen LogP contribution in [0.1, 0.15) is 6.92 Å². The fourth-order valence-corrected chi connectivity index (χ4v) is 1.36. The lowest BCUT2D eigenvalue weighted by molar-refractivity contribution is 0.164. The Labute approximate surface area is 68.4 Å². The summed E-state index contributed by atoms with van der Waals surface area (Å²) in [5.41, 5.74) is 0. The number of nitrogens with one attached hydrogen (secondary N) is 1. The van der Waals surface area contributed by atoms with E-state index in [9.17, 15) is 0 Å². The number of hydrogen-bond acceptors (Lipinski definition) is 3. The molecule has 1 heterocycles. The maximum absolute atomic E-state index is 9.11. The third kappa shape index (κ3) is 2.77. The SMILES string of the molecule is CC(O)[CH]C1CNCCN1C. The average Bonchev–Trinajstić information content (AvgIpc) is 1.93. The normalized spacial score (nSPS) is 30.3. The summed E-state index contributed by atoms with van der Waals surface area (Å²) in [5, 5.41) is 12.4. The summed E-state index contributed by atoms with van der Waals surface area (Å²) in [5.74, 6) is 0. The zero-order valence-electron chi connectivity index (χ0n) is 7.25. The van der Waals surface area contributed by atoms with Gasteiger partial charge in [0.05, 0.1) is 6.10 Å². The van der Waals surface area contributed by atoms with E-state index in [0.717, 1.165) is 19.6 Å². The molecular weight excluding hydrogens is 140 g/mol. The van der Waals surface area contributed by atoms with E-state index in [4.69, 9.17) is 5.11 Å². The van der Waals surface area contributed by atoms with E-state index in [1.54, 1.807) is 6.92 Å². The average molecular weight is 157 g/mol. The van der Waals surface area contributed by atoms with Crippen molar-refractivity contribution in [3.05, 3.63) is 6.42 Å². The van der Waals surface area contributed by atoms with Gasteiger partial charge in [-0.3, -0.25) is 0 Å². The van der Waals surface area contributed by atoms with Crippen LogP contribution in [0.2, 0.25) is 0 Å². The van der Waals surface area contributed by atoms with Crippen molar-refractivity contribution in [2.75, 3.05) is 26.7 Å². The minimum Gasteiger partial charge on any atom is -0.393 e. The summed E-state index contributed by atoms with van der Waals surface area (Å²) in [7, 11) is 2.09. The topological polar surface area (TPSA) is 35.5 Å². The highest BCUT2D eigenvalue weighted by molar-refractivity contribution is 4.91. The molecule has 0 aromatic heterocycles. The maximum atomic E-state index is 9.11. The van der Waals surface area contributed by atoms with Gasteiger partial charge in [-0.1, -0.05) is 0 Å². The zero-order chi connectivity index (χ0) is 8.27. The first-order chi connectivity index (χ1) is 5.20. The van der Waals surface area contributed by atoms with Crippen LogP contribution < -0.4 is 5.32 Å². The van der Waals surface area contributed by atoms with Gasteiger partial charge in [-0.2, -0.15) is 0 Å². The van der Waals surface area contributed by atoms with Crippen LogP contribution in [0.15, 0.2) is 0 Å². The molecule has 2 unspecified atom stereocenters. The largest absolute Gasteiger partial charge is 0.393 e. The van der Waals surface area contributed by atoms with Crippen molar-refractivity contribution in [3.8, 4) is 0 Å². The second-order valence-electron chi connectivity index (χ2n) is 3.19. The lowest BCUT2D eigenvalue weighted by Crippen LogP contribution is -2.50. The lowest BCUT2D eigenvalue weighted by Gasteiger charge is -2.33. The van der Waals surface area contributed by atoms with Crippen LogP contribution >= 0.6 is 0 Å². The van der Waals surface area contributed by atoms with Crippen LogP contribution in [0.3, 0.4) is 0 Å². The van der Waals surface area contributed by atoms with E-state index in [-0.39, 0.29) is 6.10 Å². The first-order valence-electron chi connectivity index (χ1n) is 4.14. The van der Waals surface area contributed by atoms with Gasteiger partial charge in [0, 0.05) is 32.1 Å². The third-order valence-electron chi connectivity index (χ3n) is 2.06. The highest BCUT2D eigenvalue weighted by Gasteiger charge is 2.19. The Kier molecular flexibility index (Phi) is 3.30. The highest BCUT2D eigenvalue weighted by atomic mass is 16.3. The van der Waals surface area contributed by atoms with E-state index in [0.29, 0.717) is 6.04 Å². The van der Waals surface area contributed by atoms with Gasteiger partial charge >= 0.3 is 0 Å². The zero-order valence-corrected chi connectivity index (χ0v) is 7.25. The van der Waals surface area contributed by atoms with E-state index in [1.165, 1.54) is 0 Å². The summed E-state index contributed by atoms with van der Waals surface area (Å²) in [6.45, 7) is 4.87. The summed E-state index contributed by atoms with van der Waals surface area (Å²) in [6, 6.07) is 0.392. The quantitative estimate of drug-likeness (QED) is 0.566. The molecule has 1 rings (SSSR count). The fourth-order valence-electron chi connectivity index (χ4n) is 1.36. The van der Waals surface area contributed by atoms with Crippen LogP contribution in [0.4, 0.5) is 0 Å². The molecule has 0 aliphatic carbocycles. The molecule has 1 aliphatic rings. The number of hydrogen-bond donors (Lipinski definition) is 2. The summed E-state index contributed by atoms with van der Waals surface area (Å²) in [6.07, 6.45) is 1.66. The molecule has 3 nitrogen and oxygen atoms in total. The fraction of sp³-hybridized carbons (Fsp3) is 0.875. The van der Waals surface area contributed by atoms with Crippen LogP contribution in [0, 0.1) is 6.42 Å². The summed E-state index contributed by atoms with van der Waals surface area (Å²) in [4.78, 5) is 2.25. The van der Waals surface area contributed by atoms with Gasteiger partial charge in [-0.05, 0) is 14.0 Å². The molecule has 65 valence electrons. The van der Waals surface area contributed by atoms with Gasteiger partial charge in [0.2, 0.25) is 0 Å². The van der Waals surface area contributed by atoms with Crippen molar-refractivity contribution in [2.45, 2.75) is 19.1 Å². The molecule has 1 fully saturated rings. The molecule has 1 radical (unpaired) electrons. The van der Waals surface area contributed by atoms with Gasteiger partial charge in [-0.15, -0.1) is 0 Å². The minimum absolute atomic E-state index is 0.303. The monoisotopic (exact) mass is 157 g/mol. The number of piperazine rings is 1. The number of aliphatic hydroxyl groups is 1. The van der Waals surface area contributed by atoms with Crippen molar-refractivity contribution in [2.24, 2.45) is 0 Å². The number of rotatable bonds is 2. The Morgan fingerprint density at radius 1 is 1.73 bits per heavy atom. The molecule has 11 heavy (non-hydrogen) atoms. The van der Waals surface area contributed by atoms with Crippen LogP contribution in [-0.2, 0) is 0 Å². The number of nitrogens with zero attached hydrogens (tertiary/aromatic N) is 1. The molecule has 0 aromatic carbocycles. The standard InChI is InChI=1S/C8H17N2O/c1-7(11)5-8-6-9-3-4-10(8)2/h5,7-9,11H,3-4,6H2,1-2H3. The molecule has 0 saturated carbocycles. The second-order valence-corrected chi connectivity index (χ2v) is 3.19. The van der Waals surface area contributed by atoms with Crippen molar-refractivity contribution >= 4 is 0 Å². The van der Waals surface area contributed by atoms with Crippen molar-refractivity contribution in [1.29, 1.82) is 0 Å². The van der Waals surface area contributed by atoms with E-state index in [2.05, 4.69) is 17.3 Å². The first kappa shape index (κ1) is 8.97. The molecule has 0 bridgehead atoms. The molecule has 2 N–H and O–H groups in total.